The highest BCUT2D eigenvalue weighted by Gasteiger charge is 2.25. The van der Waals surface area contributed by atoms with E-state index in [9.17, 15) is 39.0 Å². The highest BCUT2D eigenvalue weighted by molar-refractivity contribution is 9.11. The maximum absolute atomic E-state index is 12.4. The van der Waals surface area contributed by atoms with Gasteiger partial charge in [0.15, 0.2) is 0 Å². The van der Waals surface area contributed by atoms with Crippen LogP contribution in [0.15, 0.2) is 89.0 Å². The van der Waals surface area contributed by atoms with Gasteiger partial charge in [0.05, 0.1) is 34.5 Å². The van der Waals surface area contributed by atoms with Gasteiger partial charge in [-0.05, 0) is 253 Å². The average molecular weight is 1600 g/mol. The van der Waals surface area contributed by atoms with Crippen molar-refractivity contribution in [3.8, 4) is 0 Å². The molecule has 0 aromatic carbocycles. The van der Waals surface area contributed by atoms with Crippen molar-refractivity contribution in [2.24, 2.45) is 11.7 Å². The van der Waals surface area contributed by atoms with Gasteiger partial charge in [-0.1, -0.05) is 29.8 Å². The summed E-state index contributed by atoms with van der Waals surface area (Å²) in [5.74, 6) is -2.88. The lowest BCUT2D eigenvalue weighted by Gasteiger charge is -2.25. The van der Waals surface area contributed by atoms with Crippen molar-refractivity contribution in [2.75, 3.05) is 107 Å². The second-order valence-electron chi connectivity index (χ2n) is 27.6. The van der Waals surface area contributed by atoms with Gasteiger partial charge < -0.3 is 41.1 Å². The Morgan fingerprint density at radius 2 is 0.886 bits per heavy atom. The van der Waals surface area contributed by atoms with Crippen LogP contribution in [0.2, 0.25) is 5.15 Å². The summed E-state index contributed by atoms with van der Waals surface area (Å²) in [6.07, 6.45) is 33.1. The topological polar surface area (TPSA) is 337 Å². The van der Waals surface area contributed by atoms with Crippen LogP contribution in [0.1, 0.15) is 153 Å². The molecule has 0 bridgehead atoms. The number of aliphatic carboxylic acids is 3. The number of nitrogens with two attached hydrogens (primary N) is 1. The van der Waals surface area contributed by atoms with E-state index in [-0.39, 0.29) is 30.8 Å². The highest BCUT2D eigenvalue weighted by Crippen LogP contribution is 2.25. The lowest BCUT2D eigenvalue weighted by atomic mass is 9.95. The maximum Gasteiger partial charge on any atom is 0.326 e. The maximum atomic E-state index is 12.4. The number of anilines is 1. The summed E-state index contributed by atoms with van der Waals surface area (Å²) in [6.45, 7) is 4.59. The fourth-order valence-corrected chi connectivity index (χ4v) is 12.9. The molecule has 0 spiro atoms. The number of carbonyl (C=O) groups excluding carboxylic acids is 3. The minimum atomic E-state index is -1.00. The first kappa shape index (κ1) is 86.3. The number of aromatic nitrogens is 9. The SMILES string of the molecule is CN(C)C(=O)CN(CCCCc1ccc2c(n1)CCCC2)CC[C@H](Cc1ccncn1)C(=O)O.CN(C)C(=O)CN(CCCCc1ccc2c(n1)CCCC2)CC[C@H](N)C(=O)O.CN(C)C(=O)CN(CCCCc1ccc2c(n1)CCCC2)CC[C@H](Nc1ncncc1Br)C(=O)O.Clc1ncncc1Br. The normalized spacial score (nSPS) is 13.7. The zero-order valence-corrected chi connectivity index (χ0v) is 65.9. The van der Waals surface area contributed by atoms with Gasteiger partial charge in [0.25, 0.3) is 0 Å². The molecule has 6 N–H and O–H groups in total. The minimum Gasteiger partial charge on any atom is -0.481 e. The molecule has 0 unspecified atom stereocenters. The van der Waals surface area contributed by atoms with Gasteiger partial charge in [-0.15, -0.1) is 0 Å². The first-order valence-corrected chi connectivity index (χ1v) is 38.6. The quantitative estimate of drug-likeness (QED) is 0.0179. The van der Waals surface area contributed by atoms with Crippen molar-refractivity contribution in [1.29, 1.82) is 0 Å². The Bertz CT molecular complexity index is 3660. The first-order valence-electron chi connectivity index (χ1n) is 36.6. The van der Waals surface area contributed by atoms with E-state index in [0.717, 1.165) is 137 Å². The number of carboxylic acids is 3. The number of amides is 3. The number of nitrogens with zero attached hydrogens (tertiary/aromatic N) is 15. The Hall–Kier alpha value is -7.60. The van der Waals surface area contributed by atoms with Gasteiger partial charge in [-0.3, -0.25) is 53.6 Å². The van der Waals surface area contributed by atoms with Crippen LogP contribution in [0, 0.1) is 5.92 Å². The Balaban J connectivity index is 0.000000235. The van der Waals surface area contributed by atoms with Crippen LogP contribution >= 0.6 is 43.5 Å². The number of aryl methyl sites for hydroxylation is 9. The Morgan fingerprint density at radius 3 is 1.26 bits per heavy atom. The van der Waals surface area contributed by atoms with Crippen molar-refractivity contribution in [3.63, 3.8) is 0 Å². The molecule has 6 aromatic rings. The van der Waals surface area contributed by atoms with Gasteiger partial charge in [-0.25, -0.2) is 34.7 Å². The summed E-state index contributed by atoms with van der Waals surface area (Å²) >= 11 is 12.0. The van der Waals surface area contributed by atoms with E-state index in [1.165, 1.54) is 91.3 Å². The molecule has 9 rings (SSSR count). The molecule has 0 saturated carbocycles. The van der Waals surface area contributed by atoms with E-state index in [2.05, 4.69) is 108 Å². The van der Waals surface area contributed by atoms with Crippen LogP contribution in [0.5, 0.6) is 0 Å². The molecule has 3 aliphatic rings. The van der Waals surface area contributed by atoms with E-state index in [0.29, 0.717) is 73.9 Å². The van der Waals surface area contributed by atoms with Gasteiger partial charge in [0.2, 0.25) is 17.7 Å². The van der Waals surface area contributed by atoms with Crippen LogP contribution < -0.4 is 11.1 Å². The van der Waals surface area contributed by atoms with Crippen molar-refractivity contribution in [1.82, 2.24) is 74.3 Å². The molecular weight excluding hydrogens is 1490 g/mol. The molecule has 572 valence electrons. The number of hydrogen-bond acceptors (Lipinski definition) is 20. The van der Waals surface area contributed by atoms with Crippen LogP contribution in [-0.2, 0) is 93.0 Å². The summed E-state index contributed by atoms with van der Waals surface area (Å²) in [5.41, 5.74) is 17.7. The second kappa shape index (κ2) is 47.2. The minimum absolute atomic E-state index is 0.000247. The van der Waals surface area contributed by atoms with Crippen molar-refractivity contribution < 1.29 is 44.1 Å². The molecule has 0 radical (unpaired) electrons. The number of nitrogens with one attached hydrogen (secondary N) is 1. The predicted molar refractivity (Wildman–Crippen MR) is 413 cm³/mol. The molecule has 3 amide bonds. The molecule has 6 aromatic heterocycles. The van der Waals surface area contributed by atoms with Crippen molar-refractivity contribution >= 4 is 84.9 Å². The number of likely N-dealkylation sites (N-methyl/N-ethyl adjacent to an activating group) is 3. The van der Waals surface area contributed by atoms with Gasteiger partial charge in [0.1, 0.15) is 42.0 Å². The molecule has 3 aliphatic carbocycles. The molecule has 26 nitrogen and oxygen atoms in total. The van der Waals surface area contributed by atoms with Crippen LogP contribution in [0.3, 0.4) is 0 Å². The Morgan fingerprint density at radius 1 is 0.476 bits per heavy atom. The Labute approximate surface area is 640 Å². The van der Waals surface area contributed by atoms with Crippen LogP contribution in [-0.4, -0.2) is 238 Å². The van der Waals surface area contributed by atoms with Crippen molar-refractivity contribution in [2.45, 2.75) is 173 Å². The summed E-state index contributed by atoms with van der Waals surface area (Å²) in [6, 6.07) is 13.2. The third kappa shape index (κ3) is 32.6. The third-order valence-corrected chi connectivity index (χ3v) is 20.4. The first-order chi connectivity index (χ1) is 50.4. The zero-order chi connectivity index (χ0) is 76.0. The summed E-state index contributed by atoms with van der Waals surface area (Å²) < 4.78 is 1.32. The number of carboxylic acid groups (broad SMARTS) is 3. The van der Waals surface area contributed by atoms with Gasteiger partial charge in [0, 0.05) is 120 Å². The van der Waals surface area contributed by atoms with E-state index < -0.39 is 35.9 Å². The standard InChI is InChI=1S/C26H37N5O3.C25H35BrN6O3.C21H34N4O3.C4H2BrClN2/c1-30(2)25(32)18-31(16-13-21(26(33)34)17-23-12-14-27-19-28-23)15-6-5-8-22-11-10-20-7-3-4-9-24(20)29-22;1-31(2)23(33)16-32(14-12-22(25(34)35)30-24-20(26)15-27-17-28-24)13-6-5-8-19-11-10-18-7-3-4-9-21(18)29-19;1-24(2)20(26)15-25(14-12-18(22)21(27)28)13-6-5-8-17-11-10-16-7-3-4-9-19(16)23-17;5-3-1-7-2-8-4(3)6/h10-12,14,19,21H,3-9,13,15-18H2,1-2H3,(H,33,34);10-11,15,17,22H,3-9,12-14,16H2,1-2H3,(H,34,35)(H,27,28,30);10-11,18H,3-9,12-15,22H2,1-2H3,(H,27,28);1-2H/t21-;22-;18-;/m100./s1. The van der Waals surface area contributed by atoms with Gasteiger partial charge in [-0.2, -0.15) is 0 Å². The lowest BCUT2D eigenvalue weighted by molar-refractivity contribution is -0.142. The zero-order valence-electron chi connectivity index (χ0n) is 62.0. The number of halogens is 3. The largest absolute Gasteiger partial charge is 0.481 e. The highest BCUT2D eigenvalue weighted by atomic mass is 79.9. The number of fused-ring (bicyclic) bond motifs is 3. The van der Waals surface area contributed by atoms with E-state index in [1.807, 2.05) is 9.80 Å². The monoisotopic (exact) mass is 1600 g/mol. The third-order valence-electron chi connectivity index (χ3n) is 18.7. The molecule has 29 heteroatoms. The number of pyridine rings is 3. The second-order valence-corrected chi connectivity index (χ2v) is 29.6. The number of hydrogen-bond donors (Lipinski definition) is 5. The smallest absolute Gasteiger partial charge is 0.326 e. The van der Waals surface area contributed by atoms with E-state index >= 15 is 0 Å². The number of unbranched alkanes of at least 4 members (excludes halogenated alkanes) is 3. The number of carbonyl (C=O) groups is 6. The molecule has 0 aliphatic heterocycles. The van der Waals surface area contributed by atoms with Crippen molar-refractivity contribution in [3.05, 3.63) is 151 Å². The van der Waals surface area contributed by atoms with Gasteiger partial charge >= 0.3 is 17.9 Å². The van der Waals surface area contributed by atoms with Crippen LogP contribution in [0.25, 0.3) is 0 Å². The molecule has 0 saturated heterocycles. The predicted octanol–water partition coefficient (Wildman–Crippen LogP) is 9.35. The average Bonchev–Trinajstić information content (AvgIpc) is 0.854. The molecule has 0 fully saturated rings. The summed E-state index contributed by atoms with van der Waals surface area (Å²) in [5, 5.41) is 31.8. The lowest BCUT2D eigenvalue weighted by Crippen LogP contribution is -2.40. The molecule has 3 atom stereocenters. The van der Waals surface area contributed by atoms with E-state index in [4.69, 9.17) is 37.4 Å². The fraction of sp³-hybridized carbons (Fsp3) is 0.566. The summed E-state index contributed by atoms with van der Waals surface area (Å²) in [7, 11) is 10.4. The number of rotatable bonds is 37. The fourth-order valence-electron chi connectivity index (χ4n) is 12.3. The molecule has 105 heavy (non-hydrogen) atoms. The Kier molecular flexibility index (Phi) is 38.8. The molecule has 6 heterocycles. The van der Waals surface area contributed by atoms with Crippen LogP contribution in [0.4, 0.5) is 5.82 Å². The molecular formula is C76H108Br2ClN17O9. The van der Waals surface area contributed by atoms with E-state index in [1.54, 1.807) is 81.6 Å². The summed E-state index contributed by atoms with van der Waals surface area (Å²) in [4.78, 5) is 120.